The van der Waals surface area contributed by atoms with E-state index >= 15 is 0 Å². The maximum Gasteiger partial charge on any atom is 0.268 e. The summed E-state index contributed by atoms with van der Waals surface area (Å²) < 4.78 is 1.53. The second-order valence-electron chi connectivity index (χ2n) is 5.44. The monoisotopic (exact) mass is 334 g/mol. The number of hydrogen-bond acceptors (Lipinski definition) is 6. The third-order valence-electron chi connectivity index (χ3n) is 3.74. The summed E-state index contributed by atoms with van der Waals surface area (Å²) in [5, 5.41) is 10.8. The third-order valence-corrected chi connectivity index (χ3v) is 3.74. The quantitative estimate of drug-likeness (QED) is 0.785. The molecule has 0 saturated heterocycles. The Labute approximate surface area is 143 Å². The summed E-state index contributed by atoms with van der Waals surface area (Å²) >= 11 is 0. The molecule has 1 unspecified atom stereocenters. The Hall–Kier alpha value is -3.55. The largest absolute Gasteiger partial charge is 0.382 e. The van der Waals surface area contributed by atoms with Crippen molar-refractivity contribution in [3.63, 3.8) is 0 Å². The Balaban J connectivity index is 1.38. The standard InChI is InChI=1S/C17H14N6O2/c24-17(15-8-14(22-25-15)12-4-2-1-3-5-12)21-13-6-7-16(19-9-13)23-11-18-10-20-23/h1-7,9-11,15H,8H2,(H,21,24). The Morgan fingerprint density at radius 2 is 2.08 bits per heavy atom. The van der Waals surface area contributed by atoms with E-state index in [1.54, 1.807) is 24.7 Å². The molecule has 25 heavy (non-hydrogen) atoms. The molecule has 124 valence electrons. The summed E-state index contributed by atoms with van der Waals surface area (Å²) in [6.45, 7) is 0. The van der Waals surface area contributed by atoms with Gasteiger partial charge in [-0.3, -0.25) is 4.79 Å². The van der Waals surface area contributed by atoms with Gasteiger partial charge in [0.25, 0.3) is 5.91 Å². The highest BCUT2D eigenvalue weighted by Gasteiger charge is 2.28. The summed E-state index contributed by atoms with van der Waals surface area (Å²) in [5.41, 5.74) is 2.29. The third kappa shape index (κ3) is 3.23. The van der Waals surface area contributed by atoms with Gasteiger partial charge in [-0.15, -0.1) is 0 Å². The van der Waals surface area contributed by atoms with Gasteiger partial charge in [-0.05, 0) is 17.7 Å². The second kappa shape index (κ2) is 6.52. The number of anilines is 1. The van der Waals surface area contributed by atoms with Crippen molar-refractivity contribution >= 4 is 17.3 Å². The van der Waals surface area contributed by atoms with Gasteiger partial charge in [-0.1, -0.05) is 35.5 Å². The van der Waals surface area contributed by atoms with Gasteiger partial charge in [-0.25, -0.2) is 14.6 Å². The maximum atomic E-state index is 12.3. The lowest BCUT2D eigenvalue weighted by molar-refractivity contribution is -0.125. The summed E-state index contributed by atoms with van der Waals surface area (Å²) in [7, 11) is 0. The van der Waals surface area contributed by atoms with Gasteiger partial charge in [0.15, 0.2) is 5.82 Å². The van der Waals surface area contributed by atoms with Crippen LogP contribution in [0.5, 0.6) is 0 Å². The molecule has 0 aliphatic carbocycles. The topological polar surface area (TPSA) is 94.3 Å². The number of carbonyl (C=O) groups is 1. The molecule has 1 aliphatic rings. The highest BCUT2D eigenvalue weighted by molar-refractivity contribution is 6.06. The lowest BCUT2D eigenvalue weighted by Crippen LogP contribution is -2.28. The molecule has 0 bridgehead atoms. The first kappa shape index (κ1) is 15.0. The number of oxime groups is 1. The van der Waals surface area contributed by atoms with Crippen molar-refractivity contribution in [3.8, 4) is 5.82 Å². The first-order chi connectivity index (χ1) is 12.3. The van der Waals surface area contributed by atoms with E-state index in [1.807, 2.05) is 30.3 Å². The van der Waals surface area contributed by atoms with Gasteiger partial charge >= 0.3 is 0 Å². The van der Waals surface area contributed by atoms with E-state index in [4.69, 9.17) is 4.84 Å². The highest BCUT2D eigenvalue weighted by Crippen LogP contribution is 2.18. The normalized spacial score (nSPS) is 16.2. The zero-order valence-electron chi connectivity index (χ0n) is 13.1. The average molecular weight is 334 g/mol. The molecular formula is C17H14N6O2. The molecule has 1 N–H and O–H groups in total. The molecule has 8 nitrogen and oxygen atoms in total. The van der Waals surface area contributed by atoms with E-state index in [-0.39, 0.29) is 5.91 Å². The number of aromatic nitrogens is 4. The summed E-state index contributed by atoms with van der Waals surface area (Å²) in [4.78, 5) is 25.7. The molecule has 1 atom stereocenters. The summed E-state index contributed by atoms with van der Waals surface area (Å²) in [6, 6.07) is 13.1. The minimum Gasteiger partial charge on any atom is -0.382 e. The SMILES string of the molecule is O=C(Nc1ccc(-n2cncn2)nc1)C1CC(c2ccccc2)=NO1. The number of benzene rings is 1. The van der Waals surface area contributed by atoms with Gasteiger partial charge in [0.2, 0.25) is 6.10 Å². The number of pyridine rings is 1. The van der Waals surface area contributed by atoms with Gasteiger partial charge in [0, 0.05) is 6.42 Å². The number of nitrogens with one attached hydrogen (secondary N) is 1. The molecule has 3 aromatic rings. The maximum absolute atomic E-state index is 12.3. The molecule has 1 amide bonds. The van der Waals surface area contributed by atoms with Gasteiger partial charge in [-0.2, -0.15) is 5.10 Å². The fourth-order valence-electron chi connectivity index (χ4n) is 2.46. The van der Waals surface area contributed by atoms with E-state index in [1.165, 1.54) is 11.0 Å². The van der Waals surface area contributed by atoms with Crippen molar-refractivity contribution in [1.82, 2.24) is 19.7 Å². The van der Waals surface area contributed by atoms with Crippen LogP contribution < -0.4 is 5.32 Å². The molecule has 8 heteroatoms. The van der Waals surface area contributed by atoms with Crippen molar-refractivity contribution < 1.29 is 9.63 Å². The first-order valence-electron chi connectivity index (χ1n) is 7.69. The fraction of sp³-hybridized carbons (Fsp3) is 0.118. The minimum absolute atomic E-state index is 0.259. The van der Waals surface area contributed by atoms with Gasteiger partial charge in [0.05, 0.1) is 17.6 Å². The van der Waals surface area contributed by atoms with Gasteiger partial charge in [0.1, 0.15) is 12.7 Å². The molecule has 1 aliphatic heterocycles. The van der Waals surface area contributed by atoms with Crippen molar-refractivity contribution in [1.29, 1.82) is 0 Å². The predicted molar refractivity (Wildman–Crippen MR) is 90.3 cm³/mol. The number of nitrogens with zero attached hydrogens (tertiary/aromatic N) is 5. The van der Waals surface area contributed by atoms with E-state index in [2.05, 4.69) is 25.5 Å². The second-order valence-corrected chi connectivity index (χ2v) is 5.44. The lowest BCUT2D eigenvalue weighted by atomic mass is 10.0. The van der Waals surface area contributed by atoms with E-state index in [0.29, 0.717) is 17.9 Å². The van der Waals surface area contributed by atoms with E-state index < -0.39 is 6.10 Å². The first-order valence-corrected chi connectivity index (χ1v) is 7.69. The molecule has 0 fully saturated rings. The fourth-order valence-corrected chi connectivity index (χ4v) is 2.46. The van der Waals surface area contributed by atoms with Crippen LogP contribution in [0.4, 0.5) is 5.69 Å². The summed E-state index contributed by atoms with van der Waals surface area (Å²) in [6.07, 6.45) is 4.32. The van der Waals surface area contributed by atoms with Crippen LogP contribution >= 0.6 is 0 Å². The zero-order chi connectivity index (χ0) is 17.1. The van der Waals surface area contributed by atoms with Crippen molar-refractivity contribution in [2.45, 2.75) is 12.5 Å². The number of rotatable bonds is 4. The Bertz CT molecular complexity index is 891. The lowest BCUT2D eigenvalue weighted by Gasteiger charge is -2.09. The van der Waals surface area contributed by atoms with Crippen molar-refractivity contribution in [3.05, 3.63) is 66.9 Å². The molecule has 2 aromatic heterocycles. The predicted octanol–water partition coefficient (Wildman–Crippen LogP) is 1.79. The van der Waals surface area contributed by atoms with Crippen LogP contribution in [0, 0.1) is 0 Å². The highest BCUT2D eigenvalue weighted by atomic mass is 16.6. The van der Waals surface area contributed by atoms with Crippen molar-refractivity contribution in [2.75, 3.05) is 5.32 Å². The molecule has 3 heterocycles. The van der Waals surface area contributed by atoms with Crippen LogP contribution in [-0.2, 0) is 9.63 Å². The Morgan fingerprint density at radius 1 is 1.20 bits per heavy atom. The smallest absolute Gasteiger partial charge is 0.268 e. The summed E-state index contributed by atoms with van der Waals surface area (Å²) in [5.74, 6) is 0.354. The van der Waals surface area contributed by atoms with Crippen LogP contribution in [0.3, 0.4) is 0 Å². The molecule has 0 spiro atoms. The number of amides is 1. The molecule has 1 aromatic carbocycles. The van der Waals surface area contributed by atoms with Crippen LogP contribution in [-0.4, -0.2) is 37.5 Å². The molecular weight excluding hydrogens is 320 g/mol. The van der Waals surface area contributed by atoms with E-state index in [0.717, 1.165) is 11.3 Å². The van der Waals surface area contributed by atoms with Crippen molar-refractivity contribution in [2.24, 2.45) is 5.16 Å². The van der Waals surface area contributed by atoms with Crippen LogP contribution in [0.15, 0.2) is 66.5 Å². The van der Waals surface area contributed by atoms with Crippen LogP contribution in [0.1, 0.15) is 12.0 Å². The van der Waals surface area contributed by atoms with Crippen LogP contribution in [0.2, 0.25) is 0 Å². The Morgan fingerprint density at radius 3 is 2.80 bits per heavy atom. The average Bonchev–Trinajstić information content (AvgIpc) is 3.35. The number of carbonyl (C=O) groups excluding carboxylic acids is 1. The molecule has 0 saturated carbocycles. The minimum atomic E-state index is -0.648. The van der Waals surface area contributed by atoms with Gasteiger partial charge < -0.3 is 10.2 Å². The Kier molecular flexibility index (Phi) is 3.91. The van der Waals surface area contributed by atoms with E-state index in [9.17, 15) is 4.79 Å². The zero-order valence-corrected chi connectivity index (χ0v) is 13.1. The van der Waals surface area contributed by atoms with Crippen LogP contribution in [0.25, 0.3) is 5.82 Å². The number of hydrogen-bond donors (Lipinski definition) is 1. The molecule has 4 rings (SSSR count). The molecule has 0 radical (unpaired) electrons.